The molecular weight excluding hydrogens is 292 g/mol. The fourth-order valence-electron chi connectivity index (χ4n) is 3.53. The van der Waals surface area contributed by atoms with Crippen molar-refractivity contribution in [3.05, 3.63) is 11.7 Å². The molecule has 0 saturated carbocycles. The van der Waals surface area contributed by atoms with Gasteiger partial charge in [-0.1, -0.05) is 12.1 Å². The molecular formula is C17H30N4O2. The molecule has 1 unspecified atom stereocenters. The lowest BCUT2D eigenvalue weighted by atomic mass is 9.92. The third-order valence-corrected chi connectivity index (χ3v) is 5.29. The molecule has 6 nitrogen and oxygen atoms in total. The molecule has 0 aromatic carbocycles. The van der Waals surface area contributed by atoms with Gasteiger partial charge in [-0.2, -0.15) is 4.98 Å². The second-order valence-electron chi connectivity index (χ2n) is 7.15. The van der Waals surface area contributed by atoms with E-state index in [4.69, 9.17) is 15.0 Å². The van der Waals surface area contributed by atoms with E-state index >= 15 is 0 Å². The zero-order chi connectivity index (χ0) is 16.1. The molecule has 0 radical (unpaired) electrons. The predicted octanol–water partition coefficient (Wildman–Crippen LogP) is 2.16. The molecule has 3 heterocycles. The third kappa shape index (κ3) is 4.75. The molecule has 23 heavy (non-hydrogen) atoms. The SMILES string of the molecule is CC1CCN(CCCc2noc(C(N)C3CCOCC3)n2)CC1. The van der Waals surface area contributed by atoms with Gasteiger partial charge in [0.2, 0.25) is 5.89 Å². The monoisotopic (exact) mass is 322 g/mol. The summed E-state index contributed by atoms with van der Waals surface area (Å²) in [5, 5.41) is 4.11. The van der Waals surface area contributed by atoms with Crippen LogP contribution in [0.15, 0.2) is 4.52 Å². The average molecular weight is 322 g/mol. The Morgan fingerprint density at radius 2 is 1.96 bits per heavy atom. The van der Waals surface area contributed by atoms with Gasteiger partial charge in [-0.05, 0) is 63.6 Å². The summed E-state index contributed by atoms with van der Waals surface area (Å²) in [7, 11) is 0. The Labute approximate surface area is 138 Å². The summed E-state index contributed by atoms with van der Waals surface area (Å²) in [6.45, 7) is 7.50. The summed E-state index contributed by atoms with van der Waals surface area (Å²) < 4.78 is 10.8. The molecule has 2 N–H and O–H groups in total. The normalized spacial score (nSPS) is 23.2. The highest BCUT2D eigenvalue weighted by Crippen LogP contribution is 2.27. The third-order valence-electron chi connectivity index (χ3n) is 5.29. The van der Waals surface area contributed by atoms with Crippen LogP contribution in [0.4, 0.5) is 0 Å². The molecule has 2 fully saturated rings. The van der Waals surface area contributed by atoms with Crippen LogP contribution in [-0.4, -0.2) is 47.9 Å². The zero-order valence-corrected chi connectivity index (χ0v) is 14.2. The lowest BCUT2D eigenvalue weighted by Crippen LogP contribution is -2.33. The van der Waals surface area contributed by atoms with E-state index in [0.29, 0.717) is 11.8 Å². The van der Waals surface area contributed by atoms with E-state index in [0.717, 1.165) is 57.2 Å². The van der Waals surface area contributed by atoms with Crippen LogP contribution in [0.3, 0.4) is 0 Å². The number of hydrogen-bond donors (Lipinski definition) is 1. The Morgan fingerprint density at radius 1 is 1.22 bits per heavy atom. The van der Waals surface area contributed by atoms with Crippen LogP contribution in [-0.2, 0) is 11.2 Å². The Morgan fingerprint density at radius 3 is 2.70 bits per heavy atom. The topological polar surface area (TPSA) is 77.4 Å². The summed E-state index contributed by atoms with van der Waals surface area (Å²) in [5.41, 5.74) is 6.28. The van der Waals surface area contributed by atoms with E-state index in [-0.39, 0.29) is 6.04 Å². The standard InChI is InChI=1S/C17H30N4O2/c1-13-4-9-21(10-5-13)8-2-3-15-19-17(23-20-15)16(18)14-6-11-22-12-7-14/h13-14,16H,2-12,18H2,1H3. The summed E-state index contributed by atoms with van der Waals surface area (Å²) in [4.78, 5) is 7.07. The fourth-order valence-corrected chi connectivity index (χ4v) is 3.53. The van der Waals surface area contributed by atoms with Crippen molar-refractivity contribution in [3.63, 3.8) is 0 Å². The first-order chi connectivity index (χ1) is 11.2. The van der Waals surface area contributed by atoms with Crippen LogP contribution in [0.1, 0.15) is 56.8 Å². The molecule has 2 aliphatic rings. The number of piperidine rings is 1. The molecule has 0 bridgehead atoms. The van der Waals surface area contributed by atoms with Crippen molar-refractivity contribution in [2.45, 2.75) is 51.5 Å². The van der Waals surface area contributed by atoms with Gasteiger partial charge in [-0.3, -0.25) is 0 Å². The Kier molecular flexibility index (Phi) is 6.02. The smallest absolute Gasteiger partial charge is 0.243 e. The minimum atomic E-state index is -0.149. The highest BCUT2D eigenvalue weighted by Gasteiger charge is 2.26. The van der Waals surface area contributed by atoms with Crippen LogP contribution >= 0.6 is 0 Å². The second-order valence-corrected chi connectivity index (χ2v) is 7.15. The average Bonchev–Trinajstić information content (AvgIpc) is 3.06. The van der Waals surface area contributed by atoms with E-state index in [1.54, 1.807) is 0 Å². The van der Waals surface area contributed by atoms with Crippen LogP contribution in [0.2, 0.25) is 0 Å². The van der Waals surface area contributed by atoms with E-state index in [1.165, 1.54) is 25.9 Å². The number of aromatic nitrogens is 2. The first-order valence-electron chi connectivity index (χ1n) is 9.10. The van der Waals surface area contributed by atoms with Gasteiger partial charge in [0.05, 0.1) is 6.04 Å². The second kappa shape index (κ2) is 8.22. The first kappa shape index (κ1) is 16.9. The summed E-state index contributed by atoms with van der Waals surface area (Å²) in [6, 6.07) is -0.149. The molecule has 2 saturated heterocycles. The van der Waals surface area contributed by atoms with Crippen molar-refractivity contribution >= 4 is 0 Å². The zero-order valence-electron chi connectivity index (χ0n) is 14.2. The van der Waals surface area contributed by atoms with Gasteiger partial charge in [0, 0.05) is 19.6 Å². The highest BCUT2D eigenvalue weighted by atomic mass is 16.5. The number of ether oxygens (including phenoxy) is 1. The molecule has 1 aromatic rings. The van der Waals surface area contributed by atoms with Crippen LogP contribution in [0, 0.1) is 11.8 Å². The molecule has 0 aliphatic carbocycles. The molecule has 0 spiro atoms. The van der Waals surface area contributed by atoms with Gasteiger partial charge in [0.15, 0.2) is 5.82 Å². The lowest BCUT2D eigenvalue weighted by molar-refractivity contribution is 0.0546. The maximum absolute atomic E-state index is 6.28. The minimum absolute atomic E-state index is 0.149. The van der Waals surface area contributed by atoms with Crippen molar-refractivity contribution in [1.82, 2.24) is 15.0 Å². The number of nitrogens with two attached hydrogens (primary N) is 1. The highest BCUT2D eigenvalue weighted by molar-refractivity contribution is 4.95. The van der Waals surface area contributed by atoms with E-state index in [9.17, 15) is 0 Å². The molecule has 3 rings (SSSR count). The van der Waals surface area contributed by atoms with Crippen LogP contribution in [0.5, 0.6) is 0 Å². The van der Waals surface area contributed by atoms with Crippen LogP contribution in [0.25, 0.3) is 0 Å². The van der Waals surface area contributed by atoms with Crippen molar-refractivity contribution in [1.29, 1.82) is 0 Å². The largest absolute Gasteiger partial charge is 0.381 e. The van der Waals surface area contributed by atoms with Gasteiger partial charge in [0.25, 0.3) is 0 Å². The van der Waals surface area contributed by atoms with Crippen molar-refractivity contribution in [2.75, 3.05) is 32.8 Å². The summed E-state index contributed by atoms with van der Waals surface area (Å²) in [5.74, 6) is 2.68. The molecule has 130 valence electrons. The Hall–Kier alpha value is -0.980. The van der Waals surface area contributed by atoms with Gasteiger partial charge < -0.3 is 19.9 Å². The molecule has 1 atom stereocenters. The molecule has 0 amide bonds. The molecule has 6 heteroatoms. The maximum atomic E-state index is 6.28. The molecule has 2 aliphatic heterocycles. The fraction of sp³-hybridized carbons (Fsp3) is 0.882. The van der Waals surface area contributed by atoms with E-state index in [2.05, 4.69) is 22.0 Å². The van der Waals surface area contributed by atoms with Gasteiger partial charge in [0.1, 0.15) is 0 Å². The van der Waals surface area contributed by atoms with Gasteiger partial charge in [-0.15, -0.1) is 0 Å². The Bertz CT molecular complexity index is 465. The number of aryl methyl sites for hydroxylation is 1. The summed E-state index contributed by atoms with van der Waals surface area (Å²) >= 11 is 0. The predicted molar refractivity (Wildman–Crippen MR) is 87.9 cm³/mol. The number of likely N-dealkylation sites (tertiary alicyclic amines) is 1. The number of rotatable bonds is 6. The Balaban J connectivity index is 1.42. The minimum Gasteiger partial charge on any atom is -0.381 e. The number of nitrogens with zero attached hydrogens (tertiary/aromatic N) is 3. The number of hydrogen-bond acceptors (Lipinski definition) is 6. The van der Waals surface area contributed by atoms with Crippen molar-refractivity contribution in [2.24, 2.45) is 17.6 Å². The van der Waals surface area contributed by atoms with E-state index in [1.807, 2.05) is 0 Å². The molecule has 1 aromatic heterocycles. The van der Waals surface area contributed by atoms with Crippen LogP contribution < -0.4 is 5.73 Å². The lowest BCUT2D eigenvalue weighted by Gasteiger charge is -2.29. The maximum Gasteiger partial charge on any atom is 0.243 e. The first-order valence-corrected chi connectivity index (χ1v) is 9.10. The van der Waals surface area contributed by atoms with Crippen molar-refractivity contribution < 1.29 is 9.26 Å². The van der Waals surface area contributed by atoms with Crippen molar-refractivity contribution in [3.8, 4) is 0 Å². The van der Waals surface area contributed by atoms with Gasteiger partial charge in [-0.25, -0.2) is 0 Å². The quantitative estimate of drug-likeness (QED) is 0.865. The summed E-state index contributed by atoms with van der Waals surface area (Å²) in [6.07, 6.45) is 6.56. The van der Waals surface area contributed by atoms with E-state index < -0.39 is 0 Å². The van der Waals surface area contributed by atoms with Gasteiger partial charge >= 0.3 is 0 Å².